The highest BCUT2D eigenvalue weighted by atomic mass is 16.1. The van der Waals surface area contributed by atoms with Crippen molar-refractivity contribution in [3.8, 4) is 0 Å². The number of para-hydroxylation sites is 1. The van der Waals surface area contributed by atoms with E-state index in [1.807, 2.05) is 24.3 Å². The predicted octanol–water partition coefficient (Wildman–Crippen LogP) is 1.90. The maximum Gasteiger partial charge on any atom is 0.250 e. The van der Waals surface area contributed by atoms with Crippen LogP contribution in [0.3, 0.4) is 0 Å². The minimum Gasteiger partial charge on any atom is -0.366 e. The standard InChI is InChI=1S/C16H23N3O/c17-15(20)13-6-2-3-7-14(13)19-11-10-18-12-16(19)8-4-1-5-9-16/h2-3,6-7,18H,1,4-5,8-12H2,(H2,17,20). The SMILES string of the molecule is NC(=O)c1ccccc1N1CCNCC12CCCCC2. The molecular formula is C16H23N3O. The molecule has 4 nitrogen and oxygen atoms in total. The fourth-order valence-electron chi connectivity index (χ4n) is 3.79. The van der Waals surface area contributed by atoms with Gasteiger partial charge in [-0.2, -0.15) is 0 Å². The number of nitrogens with one attached hydrogen (secondary N) is 1. The molecule has 1 aliphatic heterocycles. The summed E-state index contributed by atoms with van der Waals surface area (Å²) in [6.07, 6.45) is 6.28. The summed E-state index contributed by atoms with van der Waals surface area (Å²) in [5.41, 5.74) is 7.40. The molecule has 0 aromatic heterocycles. The van der Waals surface area contributed by atoms with E-state index in [1.165, 1.54) is 32.1 Å². The van der Waals surface area contributed by atoms with Gasteiger partial charge in [0, 0.05) is 19.6 Å². The van der Waals surface area contributed by atoms with Gasteiger partial charge in [0.15, 0.2) is 0 Å². The number of carbonyl (C=O) groups is 1. The summed E-state index contributed by atoms with van der Waals surface area (Å²) >= 11 is 0. The molecular weight excluding hydrogens is 250 g/mol. The predicted molar refractivity (Wildman–Crippen MR) is 81.0 cm³/mol. The Balaban J connectivity index is 2.00. The highest BCUT2D eigenvalue weighted by Crippen LogP contribution is 2.38. The first-order valence-electron chi connectivity index (χ1n) is 7.60. The molecule has 1 aliphatic carbocycles. The fourth-order valence-corrected chi connectivity index (χ4v) is 3.79. The van der Waals surface area contributed by atoms with Crippen molar-refractivity contribution in [2.24, 2.45) is 5.73 Å². The maximum atomic E-state index is 11.7. The van der Waals surface area contributed by atoms with Crippen molar-refractivity contribution in [3.05, 3.63) is 29.8 Å². The van der Waals surface area contributed by atoms with Gasteiger partial charge in [-0.3, -0.25) is 4.79 Å². The van der Waals surface area contributed by atoms with Gasteiger partial charge in [0.25, 0.3) is 5.91 Å². The molecule has 4 heteroatoms. The van der Waals surface area contributed by atoms with E-state index in [1.54, 1.807) is 0 Å². The second-order valence-corrected chi connectivity index (χ2v) is 5.99. The van der Waals surface area contributed by atoms with Gasteiger partial charge in [-0.15, -0.1) is 0 Å². The Labute approximate surface area is 120 Å². The average molecular weight is 273 g/mol. The first kappa shape index (κ1) is 13.4. The Morgan fingerprint density at radius 1 is 1.20 bits per heavy atom. The lowest BCUT2D eigenvalue weighted by atomic mass is 9.78. The smallest absolute Gasteiger partial charge is 0.250 e. The van der Waals surface area contributed by atoms with Crippen LogP contribution >= 0.6 is 0 Å². The normalized spacial score (nSPS) is 21.9. The third-order valence-electron chi connectivity index (χ3n) is 4.78. The monoisotopic (exact) mass is 273 g/mol. The lowest BCUT2D eigenvalue weighted by molar-refractivity contribution is 0.1000. The zero-order chi connectivity index (χ0) is 14.0. The summed E-state index contributed by atoms with van der Waals surface area (Å²) in [5, 5.41) is 3.54. The molecule has 0 bridgehead atoms. The van der Waals surface area contributed by atoms with Crippen LogP contribution < -0.4 is 16.0 Å². The molecule has 0 radical (unpaired) electrons. The molecule has 108 valence electrons. The number of piperazine rings is 1. The van der Waals surface area contributed by atoms with Crippen LogP contribution in [0.15, 0.2) is 24.3 Å². The topological polar surface area (TPSA) is 58.4 Å². The van der Waals surface area contributed by atoms with Gasteiger partial charge in [-0.25, -0.2) is 0 Å². The van der Waals surface area contributed by atoms with Crippen LogP contribution in [0.1, 0.15) is 42.5 Å². The largest absolute Gasteiger partial charge is 0.366 e. The molecule has 1 spiro atoms. The molecule has 1 saturated carbocycles. The number of nitrogens with zero attached hydrogens (tertiary/aromatic N) is 1. The average Bonchev–Trinajstić information content (AvgIpc) is 2.48. The Morgan fingerprint density at radius 2 is 1.95 bits per heavy atom. The lowest BCUT2D eigenvalue weighted by Crippen LogP contribution is -2.62. The number of rotatable bonds is 2. The Kier molecular flexibility index (Phi) is 3.66. The molecule has 2 fully saturated rings. The van der Waals surface area contributed by atoms with Gasteiger partial charge in [0.05, 0.1) is 16.8 Å². The number of amides is 1. The maximum absolute atomic E-state index is 11.7. The second-order valence-electron chi connectivity index (χ2n) is 5.99. The van der Waals surface area contributed by atoms with Gasteiger partial charge in [-0.1, -0.05) is 31.4 Å². The summed E-state index contributed by atoms with van der Waals surface area (Å²) in [6.45, 7) is 2.93. The van der Waals surface area contributed by atoms with Crippen LogP contribution in [0.25, 0.3) is 0 Å². The van der Waals surface area contributed by atoms with Crippen molar-refractivity contribution in [3.63, 3.8) is 0 Å². The van der Waals surface area contributed by atoms with Crippen LogP contribution in [-0.4, -0.2) is 31.1 Å². The van der Waals surface area contributed by atoms with Gasteiger partial charge in [-0.05, 0) is 25.0 Å². The number of nitrogens with two attached hydrogens (primary N) is 1. The van der Waals surface area contributed by atoms with Crippen LogP contribution in [-0.2, 0) is 0 Å². The summed E-state index contributed by atoms with van der Waals surface area (Å²) < 4.78 is 0. The molecule has 1 heterocycles. The molecule has 1 saturated heterocycles. The van der Waals surface area contributed by atoms with E-state index < -0.39 is 0 Å². The number of hydrogen-bond donors (Lipinski definition) is 2. The Hall–Kier alpha value is -1.55. The van der Waals surface area contributed by atoms with E-state index in [9.17, 15) is 4.79 Å². The molecule has 3 rings (SSSR count). The van der Waals surface area contributed by atoms with Crippen molar-refractivity contribution >= 4 is 11.6 Å². The minimum atomic E-state index is -0.329. The van der Waals surface area contributed by atoms with Crippen molar-refractivity contribution in [1.29, 1.82) is 0 Å². The molecule has 1 amide bonds. The first-order chi connectivity index (χ1) is 9.73. The van der Waals surface area contributed by atoms with Crippen LogP contribution in [0.2, 0.25) is 0 Å². The Bertz CT molecular complexity index is 486. The van der Waals surface area contributed by atoms with Gasteiger partial charge < -0.3 is 16.0 Å². The van der Waals surface area contributed by atoms with E-state index in [2.05, 4.69) is 10.2 Å². The van der Waals surface area contributed by atoms with Crippen molar-refractivity contribution in [1.82, 2.24) is 5.32 Å². The number of primary amides is 1. The zero-order valence-corrected chi connectivity index (χ0v) is 11.9. The molecule has 0 unspecified atom stereocenters. The molecule has 20 heavy (non-hydrogen) atoms. The van der Waals surface area contributed by atoms with Crippen molar-refractivity contribution in [2.75, 3.05) is 24.5 Å². The van der Waals surface area contributed by atoms with Crippen LogP contribution in [0.5, 0.6) is 0 Å². The van der Waals surface area contributed by atoms with Crippen LogP contribution in [0, 0.1) is 0 Å². The molecule has 0 atom stereocenters. The van der Waals surface area contributed by atoms with Gasteiger partial charge in [0.1, 0.15) is 0 Å². The molecule has 2 aliphatic rings. The van der Waals surface area contributed by atoms with Crippen molar-refractivity contribution in [2.45, 2.75) is 37.6 Å². The molecule has 1 aromatic rings. The van der Waals surface area contributed by atoms with Crippen LogP contribution in [0.4, 0.5) is 5.69 Å². The highest BCUT2D eigenvalue weighted by molar-refractivity contribution is 5.98. The number of hydrogen-bond acceptors (Lipinski definition) is 3. The quantitative estimate of drug-likeness (QED) is 0.865. The van der Waals surface area contributed by atoms with E-state index in [0.717, 1.165) is 25.3 Å². The highest BCUT2D eigenvalue weighted by Gasteiger charge is 2.40. The fraction of sp³-hybridized carbons (Fsp3) is 0.562. The van der Waals surface area contributed by atoms with E-state index in [-0.39, 0.29) is 11.4 Å². The second kappa shape index (κ2) is 5.44. The lowest BCUT2D eigenvalue weighted by Gasteiger charge is -2.51. The summed E-state index contributed by atoms with van der Waals surface area (Å²) in [4.78, 5) is 14.2. The Morgan fingerprint density at radius 3 is 2.70 bits per heavy atom. The number of anilines is 1. The van der Waals surface area contributed by atoms with E-state index in [0.29, 0.717) is 5.56 Å². The third-order valence-corrected chi connectivity index (χ3v) is 4.78. The number of carbonyl (C=O) groups excluding carboxylic acids is 1. The van der Waals surface area contributed by atoms with E-state index >= 15 is 0 Å². The molecule has 3 N–H and O–H groups in total. The third kappa shape index (κ3) is 2.29. The van der Waals surface area contributed by atoms with Gasteiger partial charge >= 0.3 is 0 Å². The summed E-state index contributed by atoms with van der Waals surface area (Å²) in [6, 6.07) is 7.78. The first-order valence-corrected chi connectivity index (χ1v) is 7.60. The van der Waals surface area contributed by atoms with Crippen molar-refractivity contribution < 1.29 is 4.79 Å². The van der Waals surface area contributed by atoms with E-state index in [4.69, 9.17) is 5.73 Å². The van der Waals surface area contributed by atoms with Gasteiger partial charge in [0.2, 0.25) is 0 Å². The zero-order valence-electron chi connectivity index (χ0n) is 11.9. The minimum absolute atomic E-state index is 0.169. The summed E-state index contributed by atoms with van der Waals surface area (Å²) in [7, 11) is 0. The molecule has 1 aromatic carbocycles. The number of benzene rings is 1. The summed E-state index contributed by atoms with van der Waals surface area (Å²) in [5.74, 6) is -0.329.